The van der Waals surface area contributed by atoms with Gasteiger partial charge >= 0.3 is 15.4 Å². The Labute approximate surface area is 135 Å². The molecule has 0 aliphatic heterocycles. The quantitative estimate of drug-likeness (QED) is 0.274. The lowest BCUT2D eigenvalue weighted by atomic mass is 10.9. The molecule has 0 amide bonds. The highest BCUT2D eigenvalue weighted by Crippen LogP contribution is 2.63. The minimum atomic E-state index is -3.94. The lowest BCUT2D eigenvalue weighted by molar-refractivity contribution is 0.142. The maximum atomic E-state index is 12.5. The third-order valence-corrected chi connectivity index (χ3v) is 5.54. The summed E-state index contributed by atoms with van der Waals surface area (Å²) in [7, 11) is -7.87. The van der Waals surface area contributed by atoms with E-state index in [0.29, 0.717) is 0 Å². The molecule has 1 unspecified atom stereocenters. The third-order valence-electron chi connectivity index (χ3n) is 1.77. The van der Waals surface area contributed by atoms with Gasteiger partial charge in [0.2, 0.25) is 5.50 Å². The summed E-state index contributed by atoms with van der Waals surface area (Å²) < 4.78 is 49.5. The highest BCUT2D eigenvalue weighted by molar-refractivity contribution is 7.59. The second-order valence-corrected chi connectivity index (χ2v) is 8.25. The maximum Gasteiger partial charge on any atom is 0.530 e. The number of hydrogen-bond acceptors (Lipinski definition) is 7. The molecule has 0 aromatic heterocycles. The van der Waals surface area contributed by atoms with Crippen LogP contribution in [-0.4, -0.2) is 31.3 Å². The van der Waals surface area contributed by atoms with E-state index in [9.17, 15) is 9.13 Å². The van der Waals surface area contributed by atoms with E-state index in [1.54, 1.807) is 20.8 Å². The molecule has 0 aromatic carbocycles. The molecule has 11 heteroatoms. The molecule has 126 valence electrons. The van der Waals surface area contributed by atoms with Gasteiger partial charge in [-0.3, -0.25) is 13.6 Å². The summed E-state index contributed by atoms with van der Waals surface area (Å²) in [5.74, 6) is 0. The normalized spacial score (nSPS) is 15.0. The van der Waals surface area contributed by atoms with Crippen LogP contribution in [0, 0.1) is 0 Å². The Morgan fingerprint density at radius 3 is 1.86 bits per heavy atom. The van der Waals surface area contributed by atoms with E-state index >= 15 is 0 Å². The van der Waals surface area contributed by atoms with Gasteiger partial charge < -0.3 is 13.6 Å². The number of halogens is 2. The Balaban J connectivity index is 5.03. The van der Waals surface area contributed by atoms with Crippen molar-refractivity contribution in [3.05, 3.63) is 12.1 Å². The number of phosphoric ester groups is 1. The molecular weight excluding hydrogens is 365 g/mol. The lowest BCUT2D eigenvalue weighted by Crippen LogP contribution is -2.07. The van der Waals surface area contributed by atoms with Gasteiger partial charge in [0.25, 0.3) is 0 Å². The first-order chi connectivity index (χ1) is 9.73. The molecule has 0 saturated carbocycles. The number of hydrogen-bond donors (Lipinski definition) is 0. The first-order valence-electron chi connectivity index (χ1n) is 6.18. The predicted molar refractivity (Wildman–Crippen MR) is 81.8 cm³/mol. The zero-order chi connectivity index (χ0) is 16.5. The first kappa shape index (κ1) is 21.4. The van der Waals surface area contributed by atoms with Crippen molar-refractivity contribution >= 4 is 38.6 Å². The second-order valence-electron chi connectivity index (χ2n) is 3.37. The van der Waals surface area contributed by atoms with Crippen LogP contribution in [0.3, 0.4) is 0 Å². The van der Waals surface area contributed by atoms with Gasteiger partial charge in [-0.1, -0.05) is 0 Å². The fourth-order valence-electron chi connectivity index (χ4n) is 1.09. The monoisotopic (exact) mass is 384 g/mol. The molecule has 7 nitrogen and oxygen atoms in total. The summed E-state index contributed by atoms with van der Waals surface area (Å²) >= 11 is 11.0. The average Bonchev–Trinajstić information content (AvgIpc) is 2.37. The molecule has 21 heavy (non-hydrogen) atoms. The zero-order valence-electron chi connectivity index (χ0n) is 12.1. The summed E-state index contributed by atoms with van der Waals surface area (Å²) in [6, 6.07) is 0. The summed E-state index contributed by atoms with van der Waals surface area (Å²) in [4.78, 5) is -0.919. The van der Waals surface area contributed by atoms with Gasteiger partial charge in [0.15, 0.2) is 0 Å². The summed E-state index contributed by atoms with van der Waals surface area (Å²) in [6.45, 7) is 8.10. The summed E-state index contributed by atoms with van der Waals surface area (Å²) in [6.07, 6.45) is 0. The fraction of sp³-hybridized carbons (Fsp3) is 0.800. The van der Waals surface area contributed by atoms with Gasteiger partial charge in [-0.25, -0.2) is 4.57 Å². The number of rotatable bonds is 12. The van der Waals surface area contributed by atoms with Gasteiger partial charge in [-0.05, 0) is 27.4 Å². The summed E-state index contributed by atoms with van der Waals surface area (Å²) in [5.41, 5.74) is -0.497. The van der Waals surface area contributed by atoms with Crippen LogP contribution < -0.4 is 0 Å². The van der Waals surface area contributed by atoms with Crippen LogP contribution in [0.15, 0.2) is 12.1 Å². The Morgan fingerprint density at radius 2 is 1.48 bits per heavy atom. The molecule has 0 heterocycles. The van der Waals surface area contributed by atoms with Crippen LogP contribution in [0.4, 0.5) is 0 Å². The highest BCUT2D eigenvalue weighted by atomic mass is 35.5. The van der Waals surface area contributed by atoms with Crippen molar-refractivity contribution in [2.75, 3.05) is 26.4 Å². The molecule has 0 fully saturated rings. The molecule has 0 radical (unpaired) electrons. The minimum absolute atomic E-state index is 0.0441. The van der Waals surface area contributed by atoms with E-state index in [-0.39, 0.29) is 26.4 Å². The van der Waals surface area contributed by atoms with Crippen LogP contribution in [0.5, 0.6) is 0 Å². The fourth-order valence-corrected chi connectivity index (χ4v) is 4.21. The Hall–Kier alpha value is 0.420. The van der Waals surface area contributed by atoms with Crippen molar-refractivity contribution in [2.45, 2.75) is 25.6 Å². The average molecular weight is 385 g/mol. The Morgan fingerprint density at radius 1 is 1.00 bits per heavy atom. The van der Waals surface area contributed by atoms with E-state index in [2.05, 4.69) is 6.58 Å². The molecule has 0 aromatic rings. The van der Waals surface area contributed by atoms with Crippen LogP contribution in [0.25, 0.3) is 0 Å². The molecule has 1 atom stereocenters. The van der Waals surface area contributed by atoms with E-state index in [0.717, 1.165) is 0 Å². The van der Waals surface area contributed by atoms with E-state index in [4.69, 9.17) is 45.8 Å². The molecule has 0 aliphatic carbocycles. The Bertz CT molecular complexity index is 406. The standard InChI is InChI=1S/C10H20Cl2O7P2/c1-5-15-20(13,18-8-10(11)12)9(4)19-21(14,16-6-2)17-7-3/h10H,4-8H2,1-3H3. The molecule has 0 aliphatic rings. The van der Waals surface area contributed by atoms with E-state index in [1.165, 1.54) is 0 Å². The second kappa shape index (κ2) is 10.2. The van der Waals surface area contributed by atoms with Gasteiger partial charge in [-0.15, -0.1) is 23.2 Å². The topological polar surface area (TPSA) is 80.3 Å². The number of phosphoric acid groups is 1. The molecule has 0 rings (SSSR count). The molecule has 0 spiro atoms. The van der Waals surface area contributed by atoms with Crippen molar-refractivity contribution < 1.29 is 31.7 Å². The lowest BCUT2D eigenvalue weighted by Gasteiger charge is -2.23. The van der Waals surface area contributed by atoms with Crippen molar-refractivity contribution in [1.82, 2.24) is 0 Å². The van der Waals surface area contributed by atoms with Crippen molar-refractivity contribution in [3.8, 4) is 0 Å². The molecule has 0 N–H and O–H groups in total. The molecule has 0 saturated heterocycles. The largest absolute Gasteiger partial charge is 0.530 e. The first-order valence-corrected chi connectivity index (χ1v) is 10.1. The number of alkyl halides is 2. The third kappa shape index (κ3) is 8.00. The summed E-state index contributed by atoms with van der Waals surface area (Å²) in [5, 5.41) is 0. The van der Waals surface area contributed by atoms with E-state index in [1.807, 2.05) is 0 Å². The predicted octanol–water partition coefficient (Wildman–Crippen LogP) is 4.71. The van der Waals surface area contributed by atoms with Crippen LogP contribution in [0.1, 0.15) is 20.8 Å². The van der Waals surface area contributed by atoms with Gasteiger partial charge in [-0.2, -0.15) is 0 Å². The zero-order valence-corrected chi connectivity index (χ0v) is 15.4. The molecular formula is C10H20Cl2O7P2. The van der Waals surface area contributed by atoms with Crippen molar-refractivity contribution in [3.63, 3.8) is 0 Å². The van der Waals surface area contributed by atoms with Crippen LogP contribution >= 0.6 is 38.6 Å². The van der Waals surface area contributed by atoms with Gasteiger partial charge in [0.1, 0.15) is 4.84 Å². The van der Waals surface area contributed by atoms with Crippen molar-refractivity contribution in [2.24, 2.45) is 0 Å². The minimum Gasteiger partial charge on any atom is -0.396 e. The molecule has 0 bridgehead atoms. The van der Waals surface area contributed by atoms with Crippen molar-refractivity contribution in [1.29, 1.82) is 0 Å². The smallest absolute Gasteiger partial charge is 0.396 e. The van der Waals surface area contributed by atoms with Gasteiger partial charge in [0.05, 0.1) is 26.4 Å². The highest BCUT2D eigenvalue weighted by Gasteiger charge is 2.38. The van der Waals surface area contributed by atoms with Crippen LogP contribution in [-0.2, 0) is 31.7 Å². The van der Waals surface area contributed by atoms with Crippen LogP contribution in [0.2, 0.25) is 0 Å². The maximum absolute atomic E-state index is 12.5. The Kier molecular flexibility index (Phi) is 10.4. The van der Waals surface area contributed by atoms with Gasteiger partial charge in [0, 0.05) is 0 Å². The SMILES string of the molecule is C=C(OP(=O)(OCC)OCC)P(=O)(OCC)OCC(Cl)Cl. The van der Waals surface area contributed by atoms with E-state index < -0.39 is 25.8 Å².